The quantitative estimate of drug-likeness (QED) is 0.313. The number of fused-ring (bicyclic) bond motifs is 1. The van der Waals surface area contributed by atoms with Crippen LogP contribution >= 0.6 is 22.7 Å². The number of amides is 1. The Morgan fingerprint density at radius 3 is 2.62 bits per heavy atom. The molecule has 0 aliphatic heterocycles. The van der Waals surface area contributed by atoms with Gasteiger partial charge in [0, 0.05) is 30.1 Å². The van der Waals surface area contributed by atoms with Gasteiger partial charge >= 0.3 is 5.00 Å². The number of thiophene rings is 1. The first-order valence-corrected chi connectivity index (χ1v) is 10.6. The van der Waals surface area contributed by atoms with Crippen molar-refractivity contribution in [1.29, 1.82) is 0 Å². The van der Waals surface area contributed by atoms with Gasteiger partial charge in [-0.1, -0.05) is 28.7 Å². The molecule has 0 atom stereocenters. The summed E-state index contributed by atoms with van der Waals surface area (Å²) in [4.78, 5) is 32.4. The van der Waals surface area contributed by atoms with Crippen LogP contribution in [-0.4, -0.2) is 47.9 Å². The summed E-state index contributed by atoms with van der Waals surface area (Å²) >= 11 is 2.54. The van der Waals surface area contributed by atoms with Crippen LogP contribution in [-0.2, 0) is 4.79 Å². The Labute approximate surface area is 177 Å². The molecule has 1 amide bonds. The van der Waals surface area contributed by atoms with Crippen LogP contribution in [0.2, 0.25) is 0 Å². The van der Waals surface area contributed by atoms with E-state index in [9.17, 15) is 14.9 Å². The number of anilines is 1. The van der Waals surface area contributed by atoms with E-state index in [1.165, 1.54) is 23.5 Å². The predicted octanol–water partition coefficient (Wildman–Crippen LogP) is 4.49. The van der Waals surface area contributed by atoms with Gasteiger partial charge in [-0.05, 0) is 57.3 Å². The van der Waals surface area contributed by atoms with Gasteiger partial charge in [0.25, 0.3) is 5.91 Å². The smallest absolute Gasteiger partial charge is 0.308 e. The van der Waals surface area contributed by atoms with Crippen LogP contribution in [0, 0.1) is 24.0 Å². The number of thiazole rings is 1. The summed E-state index contributed by atoms with van der Waals surface area (Å²) in [6, 6.07) is 7.25. The Hall–Kier alpha value is -2.62. The highest BCUT2D eigenvalue weighted by Crippen LogP contribution is 2.32. The maximum Gasteiger partial charge on any atom is 0.324 e. The van der Waals surface area contributed by atoms with Crippen LogP contribution in [0.4, 0.5) is 10.1 Å². The molecular formula is C20H22N4O3S2. The van der Waals surface area contributed by atoms with Crippen LogP contribution in [0.1, 0.15) is 16.0 Å². The molecule has 0 radical (unpaired) electrons. The number of benzene rings is 1. The number of likely N-dealkylation sites (N-methyl/N-ethyl adjacent to an activating group) is 1. The van der Waals surface area contributed by atoms with Crippen molar-refractivity contribution < 1.29 is 9.72 Å². The van der Waals surface area contributed by atoms with E-state index in [0.717, 1.165) is 32.7 Å². The van der Waals surface area contributed by atoms with Gasteiger partial charge in [-0.3, -0.25) is 19.8 Å². The topological polar surface area (TPSA) is 79.6 Å². The third kappa shape index (κ3) is 5.06. The number of carbonyl (C=O) groups is 1. The van der Waals surface area contributed by atoms with Gasteiger partial charge in [-0.25, -0.2) is 4.98 Å². The molecule has 0 saturated carbocycles. The molecule has 29 heavy (non-hydrogen) atoms. The Morgan fingerprint density at radius 1 is 1.21 bits per heavy atom. The highest BCUT2D eigenvalue weighted by atomic mass is 32.1. The monoisotopic (exact) mass is 430 g/mol. The van der Waals surface area contributed by atoms with E-state index in [4.69, 9.17) is 4.98 Å². The first-order valence-electron chi connectivity index (χ1n) is 9.01. The SMILES string of the molecule is Cc1cc(C)c2nc(N(CCN(C)C)C(=O)C=Cc3ccc([N+](=O)[O-])s3)sc2c1. The zero-order chi connectivity index (χ0) is 21.1. The molecule has 0 bridgehead atoms. The molecule has 0 aliphatic carbocycles. The lowest BCUT2D eigenvalue weighted by atomic mass is 10.1. The largest absolute Gasteiger partial charge is 0.324 e. The molecule has 2 aromatic heterocycles. The van der Waals surface area contributed by atoms with Gasteiger partial charge in [-0.15, -0.1) is 0 Å². The number of carbonyl (C=O) groups excluding carboxylic acids is 1. The molecule has 0 unspecified atom stereocenters. The standard InChI is InChI=1S/C20H22N4O3S2/c1-13-11-14(2)19-16(12-13)29-20(21-19)23(10-9-22(3)4)17(25)7-5-15-6-8-18(28-15)24(26)27/h5-8,11-12H,9-10H2,1-4H3. The van der Waals surface area contributed by atoms with Crippen LogP contribution in [0.5, 0.6) is 0 Å². The lowest BCUT2D eigenvalue weighted by Gasteiger charge is -2.20. The fraction of sp³-hybridized carbons (Fsp3) is 0.300. The van der Waals surface area contributed by atoms with Crippen molar-refractivity contribution in [3.63, 3.8) is 0 Å². The molecule has 3 aromatic rings. The van der Waals surface area contributed by atoms with E-state index >= 15 is 0 Å². The number of nitrogens with zero attached hydrogens (tertiary/aromatic N) is 4. The van der Waals surface area contributed by atoms with Crippen molar-refractivity contribution in [2.75, 3.05) is 32.1 Å². The average Bonchev–Trinajstić information content (AvgIpc) is 3.27. The van der Waals surface area contributed by atoms with Crippen molar-refractivity contribution >= 4 is 55.0 Å². The summed E-state index contributed by atoms with van der Waals surface area (Å²) in [7, 11) is 3.91. The molecule has 0 aliphatic rings. The van der Waals surface area contributed by atoms with Crippen LogP contribution in [0.25, 0.3) is 16.3 Å². The zero-order valence-corrected chi connectivity index (χ0v) is 18.3. The lowest BCUT2D eigenvalue weighted by Crippen LogP contribution is -2.35. The highest BCUT2D eigenvalue weighted by Gasteiger charge is 2.19. The van der Waals surface area contributed by atoms with E-state index in [0.29, 0.717) is 23.1 Å². The van der Waals surface area contributed by atoms with Crippen LogP contribution < -0.4 is 4.90 Å². The molecule has 0 saturated heterocycles. The number of aryl methyl sites for hydroxylation is 2. The minimum absolute atomic E-state index is 0.0542. The third-order valence-electron chi connectivity index (χ3n) is 4.27. The minimum Gasteiger partial charge on any atom is -0.308 e. The second-order valence-corrected chi connectivity index (χ2v) is 9.09. The molecule has 1 aromatic carbocycles. The summed E-state index contributed by atoms with van der Waals surface area (Å²) in [5.41, 5.74) is 3.16. The number of nitro groups is 1. The molecule has 7 nitrogen and oxygen atoms in total. The molecular weight excluding hydrogens is 408 g/mol. The first-order chi connectivity index (χ1) is 13.7. The van der Waals surface area contributed by atoms with Crippen LogP contribution in [0.15, 0.2) is 30.3 Å². The van der Waals surface area contributed by atoms with Crippen molar-refractivity contribution in [1.82, 2.24) is 9.88 Å². The summed E-state index contributed by atoms with van der Waals surface area (Å²) in [6.07, 6.45) is 3.07. The Kier molecular flexibility index (Phi) is 6.41. The van der Waals surface area contributed by atoms with Crippen molar-refractivity contribution in [2.24, 2.45) is 0 Å². The Bertz CT molecular complexity index is 1080. The van der Waals surface area contributed by atoms with Gasteiger partial charge in [0.1, 0.15) is 0 Å². The molecule has 152 valence electrons. The van der Waals surface area contributed by atoms with Crippen molar-refractivity contribution in [2.45, 2.75) is 13.8 Å². The number of hydrogen-bond donors (Lipinski definition) is 0. The maximum absolute atomic E-state index is 13.0. The number of rotatable bonds is 7. The predicted molar refractivity (Wildman–Crippen MR) is 120 cm³/mol. The van der Waals surface area contributed by atoms with E-state index in [1.54, 1.807) is 17.0 Å². The molecule has 0 N–H and O–H groups in total. The fourth-order valence-corrected chi connectivity index (χ4v) is 4.75. The number of hydrogen-bond acceptors (Lipinski definition) is 7. The molecule has 0 spiro atoms. The highest BCUT2D eigenvalue weighted by molar-refractivity contribution is 7.22. The second kappa shape index (κ2) is 8.81. The van der Waals surface area contributed by atoms with E-state index < -0.39 is 4.92 Å². The van der Waals surface area contributed by atoms with Crippen LogP contribution in [0.3, 0.4) is 0 Å². The molecule has 9 heteroatoms. The van der Waals surface area contributed by atoms with Gasteiger partial charge in [0.15, 0.2) is 5.13 Å². The van der Waals surface area contributed by atoms with E-state index in [2.05, 4.69) is 12.1 Å². The maximum atomic E-state index is 13.0. The second-order valence-electron chi connectivity index (χ2n) is 6.98. The van der Waals surface area contributed by atoms with Gasteiger partial charge in [0.05, 0.1) is 15.1 Å². The number of aromatic nitrogens is 1. The zero-order valence-electron chi connectivity index (χ0n) is 16.7. The van der Waals surface area contributed by atoms with Crippen molar-refractivity contribution in [3.05, 3.63) is 56.5 Å². The normalized spacial score (nSPS) is 11.6. The van der Waals surface area contributed by atoms with Gasteiger partial charge in [-0.2, -0.15) is 0 Å². The summed E-state index contributed by atoms with van der Waals surface area (Å²) in [5.74, 6) is -0.198. The molecule has 2 heterocycles. The summed E-state index contributed by atoms with van der Waals surface area (Å²) in [6.45, 7) is 5.26. The van der Waals surface area contributed by atoms with E-state index in [-0.39, 0.29) is 10.9 Å². The summed E-state index contributed by atoms with van der Waals surface area (Å²) < 4.78 is 1.05. The van der Waals surface area contributed by atoms with E-state index in [1.807, 2.05) is 32.8 Å². The average molecular weight is 431 g/mol. The van der Waals surface area contributed by atoms with Gasteiger partial charge in [0.2, 0.25) is 0 Å². The fourth-order valence-electron chi connectivity index (χ4n) is 2.85. The van der Waals surface area contributed by atoms with Gasteiger partial charge < -0.3 is 4.90 Å². The first kappa shape index (κ1) is 21.1. The van der Waals surface area contributed by atoms with Crippen molar-refractivity contribution in [3.8, 4) is 0 Å². The third-order valence-corrected chi connectivity index (χ3v) is 6.30. The Morgan fingerprint density at radius 2 is 1.97 bits per heavy atom. The summed E-state index contributed by atoms with van der Waals surface area (Å²) in [5, 5.41) is 11.5. The Balaban J connectivity index is 1.89. The molecule has 0 fully saturated rings. The lowest BCUT2D eigenvalue weighted by molar-refractivity contribution is -0.380. The minimum atomic E-state index is -0.432. The molecule has 3 rings (SSSR count).